The van der Waals surface area contributed by atoms with Crippen LogP contribution in [0.2, 0.25) is 0 Å². The lowest BCUT2D eigenvalue weighted by molar-refractivity contribution is -0.140. The fraction of sp³-hybridized carbons (Fsp3) is 0.0769. The monoisotopic (exact) mass is 322 g/mol. The zero-order chi connectivity index (χ0) is 16.4. The van der Waals surface area contributed by atoms with Gasteiger partial charge >= 0.3 is 6.18 Å². The van der Waals surface area contributed by atoms with Crippen LogP contribution >= 0.6 is 0 Å². The second-order valence-electron chi connectivity index (χ2n) is 4.51. The van der Waals surface area contributed by atoms with Crippen molar-refractivity contribution in [1.29, 1.82) is 0 Å². The number of benzene rings is 1. The van der Waals surface area contributed by atoms with Crippen molar-refractivity contribution < 1.29 is 13.2 Å². The van der Waals surface area contributed by atoms with Crippen LogP contribution in [-0.2, 0) is 6.18 Å². The van der Waals surface area contributed by atoms with Gasteiger partial charge in [0.2, 0.25) is 0 Å². The van der Waals surface area contributed by atoms with Gasteiger partial charge in [-0.2, -0.15) is 18.3 Å². The van der Waals surface area contributed by atoms with Crippen LogP contribution in [-0.4, -0.2) is 20.4 Å². The highest BCUT2D eigenvalue weighted by Crippen LogP contribution is 2.33. The average Bonchev–Trinajstić information content (AvgIpc) is 3.12. The quantitative estimate of drug-likeness (QED) is 0.642. The molecule has 0 atom stereocenters. The summed E-state index contributed by atoms with van der Waals surface area (Å²) in [5, 5.41) is 17.0. The van der Waals surface area contributed by atoms with Gasteiger partial charge in [-0.05, 0) is 5.56 Å². The van der Waals surface area contributed by atoms with E-state index in [0.29, 0.717) is 5.69 Å². The summed E-state index contributed by atoms with van der Waals surface area (Å²) in [5.41, 5.74) is -1.69. The maximum atomic E-state index is 12.7. The molecule has 0 fully saturated rings. The zero-order valence-electron chi connectivity index (χ0n) is 11.3. The van der Waals surface area contributed by atoms with Gasteiger partial charge < -0.3 is 0 Å². The molecule has 0 radical (unpaired) electrons. The molecule has 0 bridgehead atoms. The second kappa shape index (κ2) is 5.55. The third kappa shape index (κ3) is 3.05. The fourth-order valence-electron chi connectivity index (χ4n) is 1.88. The Bertz CT molecular complexity index is 890. The maximum Gasteiger partial charge on any atom is 0.435 e. The molecule has 0 saturated carbocycles. The van der Waals surface area contributed by atoms with Crippen LogP contribution in [0.1, 0.15) is 5.69 Å². The van der Waals surface area contributed by atoms with Crippen molar-refractivity contribution in [3.05, 3.63) is 52.4 Å². The molecular formula is C13H9F3N6O. The summed E-state index contributed by atoms with van der Waals surface area (Å²) in [6, 6.07) is 10.7. The molecule has 23 heavy (non-hydrogen) atoms. The van der Waals surface area contributed by atoms with E-state index in [1.165, 1.54) is 6.07 Å². The summed E-state index contributed by atoms with van der Waals surface area (Å²) in [4.78, 5) is 11.4. The first-order chi connectivity index (χ1) is 10.9. The van der Waals surface area contributed by atoms with E-state index < -0.39 is 23.1 Å². The van der Waals surface area contributed by atoms with Gasteiger partial charge in [0.05, 0.1) is 5.69 Å². The molecule has 0 aliphatic heterocycles. The Morgan fingerprint density at radius 1 is 1.04 bits per heavy atom. The minimum absolute atomic E-state index is 0.0533. The van der Waals surface area contributed by atoms with E-state index in [4.69, 9.17) is 0 Å². The smallest absolute Gasteiger partial charge is 0.292 e. The van der Waals surface area contributed by atoms with Crippen molar-refractivity contribution in [1.82, 2.24) is 20.4 Å². The first-order valence-corrected chi connectivity index (χ1v) is 6.35. The standard InChI is InChI=1S/C13H9F3N6O/c14-13(15,16)11-10(12(23)22-21-11)20-19-9-6-8(17-18-9)7-4-2-1-3-5-7/h1-6H,(H,17,18)(H2,21,22,23). The molecule has 0 aliphatic carbocycles. The average molecular weight is 322 g/mol. The Labute approximate surface area is 126 Å². The van der Waals surface area contributed by atoms with Gasteiger partial charge in [-0.3, -0.25) is 20.1 Å². The van der Waals surface area contributed by atoms with Crippen LogP contribution in [0.4, 0.5) is 24.7 Å². The SMILES string of the molecule is O=c1[nH][nH]c(C(F)(F)F)c1N=Nc1cc(-c2ccccc2)[nH]n1. The van der Waals surface area contributed by atoms with E-state index in [2.05, 4.69) is 20.4 Å². The van der Waals surface area contributed by atoms with E-state index >= 15 is 0 Å². The Kier molecular flexibility index (Phi) is 3.56. The predicted molar refractivity (Wildman–Crippen MR) is 74.6 cm³/mol. The number of aromatic amines is 3. The number of rotatable bonds is 3. The van der Waals surface area contributed by atoms with Crippen molar-refractivity contribution in [2.75, 3.05) is 0 Å². The van der Waals surface area contributed by atoms with Gasteiger partial charge in [-0.15, -0.1) is 10.2 Å². The molecule has 0 amide bonds. The molecular weight excluding hydrogens is 313 g/mol. The number of halogens is 3. The van der Waals surface area contributed by atoms with Crippen LogP contribution in [0.25, 0.3) is 11.3 Å². The van der Waals surface area contributed by atoms with Gasteiger partial charge in [0.1, 0.15) is 0 Å². The Hall–Kier alpha value is -3.17. The van der Waals surface area contributed by atoms with E-state index in [9.17, 15) is 18.0 Å². The normalized spacial score (nSPS) is 12.1. The van der Waals surface area contributed by atoms with Crippen molar-refractivity contribution in [3.8, 4) is 11.3 Å². The zero-order valence-corrected chi connectivity index (χ0v) is 11.3. The molecule has 0 aliphatic rings. The number of nitrogens with one attached hydrogen (secondary N) is 3. The highest BCUT2D eigenvalue weighted by Gasteiger charge is 2.37. The number of hydrogen-bond acceptors (Lipinski definition) is 4. The van der Waals surface area contributed by atoms with Crippen LogP contribution in [0, 0.1) is 0 Å². The molecule has 3 rings (SSSR count). The van der Waals surface area contributed by atoms with Gasteiger partial charge in [0.25, 0.3) is 5.56 Å². The highest BCUT2D eigenvalue weighted by atomic mass is 19.4. The van der Waals surface area contributed by atoms with E-state index in [0.717, 1.165) is 5.56 Å². The summed E-state index contributed by atoms with van der Waals surface area (Å²) in [7, 11) is 0. The number of azo groups is 1. The van der Waals surface area contributed by atoms with Crippen molar-refractivity contribution >= 4 is 11.5 Å². The van der Waals surface area contributed by atoms with E-state index in [1.807, 2.05) is 35.4 Å². The minimum Gasteiger partial charge on any atom is -0.292 e. The Morgan fingerprint density at radius 2 is 1.78 bits per heavy atom. The maximum absolute atomic E-state index is 12.7. The lowest BCUT2D eigenvalue weighted by Crippen LogP contribution is -2.06. The molecule has 3 aromatic rings. The van der Waals surface area contributed by atoms with Crippen molar-refractivity contribution in [2.24, 2.45) is 10.2 Å². The van der Waals surface area contributed by atoms with Crippen LogP contribution in [0.3, 0.4) is 0 Å². The Morgan fingerprint density at radius 3 is 2.48 bits per heavy atom. The van der Waals surface area contributed by atoms with E-state index in [1.54, 1.807) is 5.10 Å². The topological polar surface area (TPSA) is 102 Å². The summed E-state index contributed by atoms with van der Waals surface area (Å²) in [6.07, 6.45) is -4.74. The van der Waals surface area contributed by atoms with Gasteiger partial charge in [-0.1, -0.05) is 30.3 Å². The van der Waals surface area contributed by atoms with Crippen LogP contribution in [0.5, 0.6) is 0 Å². The molecule has 2 aromatic heterocycles. The summed E-state index contributed by atoms with van der Waals surface area (Å²) in [5.74, 6) is 0.0533. The van der Waals surface area contributed by atoms with Crippen LogP contribution < -0.4 is 5.56 Å². The number of aromatic nitrogens is 4. The lowest BCUT2D eigenvalue weighted by Gasteiger charge is -2.01. The largest absolute Gasteiger partial charge is 0.435 e. The van der Waals surface area contributed by atoms with Gasteiger partial charge in [0, 0.05) is 6.07 Å². The Balaban J connectivity index is 1.89. The summed E-state index contributed by atoms with van der Waals surface area (Å²) >= 11 is 0. The molecule has 7 nitrogen and oxygen atoms in total. The second-order valence-corrected chi connectivity index (χ2v) is 4.51. The molecule has 0 unspecified atom stereocenters. The minimum atomic E-state index is -4.74. The molecule has 118 valence electrons. The van der Waals surface area contributed by atoms with Crippen molar-refractivity contribution in [3.63, 3.8) is 0 Å². The molecule has 10 heteroatoms. The number of H-pyrrole nitrogens is 3. The number of nitrogens with zero attached hydrogens (tertiary/aromatic N) is 3. The summed E-state index contributed by atoms with van der Waals surface area (Å²) in [6.45, 7) is 0. The van der Waals surface area contributed by atoms with Crippen molar-refractivity contribution in [2.45, 2.75) is 6.18 Å². The third-order valence-corrected chi connectivity index (χ3v) is 2.94. The third-order valence-electron chi connectivity index (χ3n) is 2.94. The van der Waals surface area contributed by atoms with Gasteiger partial charge in [-0.25, -0.2) is 0 Å². The molecule has 2 heterocycles. The molecule has 0 spiro atoms. The molecule has 3 N–H and O–H groups in total. The van der Waals surface area contributed by atoms with Gasteiger partial charge in [0.15, 0.2) is 17.2 Å². The molecule has 1 aromatic carbocycles. The lowest BCUT2D eigenvalue weighted by atomic mass is 10.2. The van der Waals surface area contributed by atoms with Crippen LogP contribution in [0.15, 0.2) is 51.4 Å². The van der Waals surface area contributed by atoms with E-state index in [-0.39, 0.29) is 5.82 Å². The molecule has 0 saturated heterocycles. The number of alkyl halides is 3. The highest BCUT2D eigenvalue weighted by molar-refractivity contribution is 5.61. The first-order valence-electron chi connectivity index (χ1n) is 6.35. The first kappa shape index (κ1) is 14.8. The predicted octanol–water partition coefficient (Wildman–Crippen LogP) is 3.53. The number of hydrogen-bond donors (Lipinski definition) is 3. The fourth-order valence-corrected chi connectivity index (χ4v) is 1.88. The summed E-state index contributed by atoms with van der Waals surface area (Å²) < 4.78 is 38.1.